The Kier molecular flexibility index (Phi) is 2.66. The molecule has 0 saturated heterocycles. The molecule has 15 heavy (non-hydrogen) atoms. The lowest BCUT2D eigenvalue weighted by atomic mass is 10.2. The molecule has 2 heterocycles. The Hall–Kier alpha value is -1.85. The Labute approximate surface area is 87.7 Å². The standard InChI is InChI=1S/C9H14N6/c1-14-7-8(5-11-14)3-2-4-15-12-6-9(10)13-15/h5-7H,2-4H2,1H3,(H2,10,13). The highest BCUT2D eigenvalue weighted by atomic mass is 15.5. The van der Waals surface area contributed by atoms with E-state index in [1.54, 1.807) is 15.7 Å². The maximum Gasteiger partial charge on any atom is 0.165 e. The fraction of sp³-hybridized carbons (Fsp3) is 0.444. The SMILES string of the molecule is Cn1cc(CCCn2ncc(N)n2)cn1. The second kappa shape index (κ2) is 4.12. The number of nitrogens with two attached hydrogens (primary N) is 1. The maximum absolute atomic E-state index is 5.46. The van der Waals surface area contributed by atoms with Gasteiger partial charge in [0.1, 0.15) is 0 Å². The summed E-state index contributed by atoms with van der Waals surface area (Å²) in [6, 6.07) is 0. The molecule has 0 atom stereocenters. The van der Waals surface area contributed by atoms with Gasteiger partial charge < -0.3 is 5.73 Å². The number of aromatic nitrogens is 5. The van der Waals surface area contributed by atoms with Crippen LogP contribution in [0.1, 0.15) is 12.0 Å². The first-order valence-electron chi connectivity index (χ1n) is 4.87. The summed E-state index contributed by atoms with van der Waals surface area (Å²) in [5.74, 6) is 0.469. The van der Waals surface area contributed by atoms with Crippen molar-refractivity contribution < 1.29 is 0 Å². The molecule has 2 aromatic rings. The molecule has 0 aromatic carbocycles. The van der Waals surface area contributed by atoms with Crippen molar-refractivity contribution in [1.29, 1.82) is 0 Å². The van der Waals surface area contributed by atoms with Crippen LogP contribution in [0.3, 0.4) is 0 Å². The zero-order chi connectivity index (χ0) is 10.7. The number of hydrogen-bond donors (Lipinski definition) is 1. The second-order valence-corrected chi connectivity index (χ2v) is 3.49. The van der Waals surface area contributed by atoms with Crippen LogP contribution in [0.4, 0.5) is 5.82 Å². The van der Waals surface area contributed by atoms with Gasteiger partial charge in [-0.3, -0.25) is 4.68 Å². The number of nitrogens with zero attached hydrogens (tertiary/aromatic N) is 5. The molecule has 0 saturated carbocycles. The quantitative estimate of drug-likeness (QED) is 0.776. The number of hydrogen-bond acceptors (Lipinski definition) is 4. The normalized spacial score (nSPS) is 10.7. The highest BCUT2D eigenvalue weighted by molar-refractivity contribution is 5.19. The number of aryl methyl sites for hydroxylation is 3. The lowest BCUT2D eigenvalue weighted by molar-refractivity contribution is 0.514. The molecule has 0 aliphatic carbocycles. The molecule has 6 nitrogen and oxygen atoms in total. The first kappa shape index (κ1) is 9.70. The Morgan fingerprint density at radius 1 is 1.33 bits per heavy atom. The van der Waals surface area contributed by atoms with Gasteiger partial charge in [0.05, 0.1) is 18.9 Å². The first-order valence-corrected chi connectivity index (χ1v) is 4.87. The van der Waals surface area contributed by atoms with E-state index in [1.165, 1.54) is 5.56 Å². The molecule has 2 N–H and O–H groups in total. The molecular weight excluding hydrogens is 192 g/mol. The van der Waals surface area contributed by atoms with E-state index in [0.717, 1.165) is 19.4 Å². The average molecular weight is 206 g/mol. The van der Waals surface area contributed by atoms with Crippen LogP contribution in [0.5, 0.6) is 0 Å². The van der Waals surface area contributed by atoms with Gasteiger partial charge in [-0.2, -0.15) is 15.0 Å². The zero-order valence-corrected chi connectivity index (χ0v) is 8.67. The van der Waals surface area contributed by atoms with Crippen molar-refractivity contribution in [3.05, 3.63) is 24.2 Å². The van der Waals surface area contributed by atoms with Gasteiger partial charge in [-0.25, -0.2) is 0 Å². The van der Waals surface area contributed by atoms with E-state index in [0.29, 0.717) is 5.82 Å². The van der Waals surface area contributed by atoms with E-state index in [9.17, 15) is 0 Å². The van der Waals surface area contributed by atoms with Gasteiger partial charge >= 0.3 is 0 Å². The number of nitrogen functional groups attached to an aromatic ring is 1. The van der Waals surface area contributed by atoms with Gasteiger partial charge in [0.25, 0.3) is 0 Å². The fourth-order valence-electron chi connectivity index (χ4n) is 1.44. The molecule has 0 unspecified atom stereocenters. The molecule has 0 radical (unpaired) electrons. The largest absolute Gasteiger partial charge is 0.381 e. The lowest BCUT2D eigenvalue weighted by Crippen LogP contribution is -2.03. The highest BCUT2D eigenvalue weighted by Gasteiger charge is 1.98. The van der Waals surface area contributed by atoms with Crippen LogP contribution in [0.25, 0.3) is 0 Å². The fourth-order valence-corrected chi connectivity index (χ4v) is 1.44. The Morgan fingerprint density at radius 3 is 2.80 bits per heavy atom. The van der Waals surface area contributed by atoms with Gasteiger partial charge in [-0.15, -0.1) is 5.10 Å². The summed E-state index contributed by atoms with van der Waals surface area (Å²) >= 11 is 0. The van der Waals surface area contributed by atoms with Crippen molar-refractivity contribution in [2.75, 3.05) is 5.73 Å². The molecule has 0 aliphatic rings. The summed E-state index contributed by atoms with van der Waals surface area (Å²) < 4.78 is 1.81. The lowest BCUT2D eigenvalue weighted by Gasteiger charge is -1.97. The predicted molar refractivity (Wildman–Crippen MR) is 56.0 cm³/mol. The van der Waals surface area contributed by atoms with Gasteiger partial charge in [-0.05, 0) is 18.4 Å². The third-order valence-electron chi connectivity index (χ3n) is 2.14. The number of anilines is 1. The summed E-state index contributed by atoms with van der Waals surface area (Å²) in [6.45, 7) is 0.784. The van der Waals surface area contributed by atoms with Crippen LogP contribution in [0, 0.1) is 0 Å². The third kappa shape index (κ3) is 2.55. The Morgan fingerprint density at radius 2 is 2.20 bits per heavy atom. The molecule has 2 aromatic heterocycles. The van der Waals surface area contributed by atoms with Crippen LogP contribution in [0.15, 0.2) is 18.6 Å². The van der Waals surface area contributed by atoms with Crippen molar-refractivity contribution >= 4 is 5.82 Å². The topological polar surface area (TPSA) is 74.5 Å². The minimum atomic E-state index is 0.469. The molecule has 6 heteroatoms. The van der Waals surface area contributed by atoms with Gasteiger partial charge in [-0.1, -0.05) is 0 Å². The summed E-state index contributed by atoms with van der Waals surface area (Å²) in [7, 11) is 1.92. The van der Waals surface area contributed by atoms with E-state index in [-0.39, 0.29) is 0 Å². The van der Waals surface area contributed by atoms with E-state index < -0.39 is 0 Å². The van der Waals surface area contributed by atoms with Crippen LogP contribution < -0.4 is 5.73 Å². The Balaban J connectivity index is 1.80. The predicted octanol–water partition coefficient (Wildman–Crippen LogP) is 0.227. The minimum Gasteiger partial charge on any atom is -0.381 e. The molecule has 2 rings (SSSR count). The van der Waals surface area contributed by atoms with Gasteiger partial charge in [0.2, 0.25) is 0 Å². The average Bonchev–Trinajstić information content (AvgIpc) is 2.76. The van der Waals surface area contributed by atoms with E-state index in [1.807, 2.05) is 19.4 Å². The molecule has 0 bridgehead atoms. The van der Waals surface area contributed by atoms with Crippen LogP contribution >= 0.6 is 0 Å². The van der Waals surface area contributed by atoms with E-state index in [2.05, 4.69) is 15.3 Å². The van der Waals surface area contributed by atoms with E-state index in [4.69, 9.17) is 5.73 Å². The van der Waals surface area contributed by atoms with E-state index >= 15 is 0 Å². The first-order chi connectivity index (χ1) is 7.24. The molecule has 0 amide bonds. The van der Waals surface area contributed by atoms with Crippen molar-refractivity contribution in [3.8, 4) is 0 Å². The molecule has 80 valence electrons. The molecule has 0 spiro atoms. The summed E-state index contributed by atoms with van der Waals surface area (Å²) in [5, 5.41) is 12.1. The monoisotopic (exact) mass is 206 g/mol. The summed E-state index contributed by atoms with van der Waals surface area (Å²) in [5.41, 5.74) is 6.69. The summed E-state index contributed by atoms with van der Waals surface area (Å²) in [6.07, 6.45) is 7.43. The van der Waals surface area contributed by atoms with Crippen LogP contribution in [0.2, 0.25) is 0 Å². The highest BCUT2D eigenvalue weighted by Crippen LogP contribution is 2.02. The molecular formula is C9H14N6. The zero-order valence-electron chi connectivity index (χ0n) is 8.67. The van der Waals surface area contributed by atoms with Crippen molar-refractivity contribution in [2.24, 2.45) is 7.05 Å². The van der Waals surface area contributed by atoms with Crippen molar-refractivity contribution in [1.82, 2.24) is 24.8 Å². The van der Waals surface area contributed by atoms with Crippen LogP contribution in [-0.4, -0.2) is 24.8 Å². The van der Waals surface area contributed by atoms with Gasteiger partial charge in [0.15, 0.2) is 5.82 Å². The maximum atomic E-state index is 5.46. The Bertz CT molecular complexity index is 389. The molecule has 0 aliphatic heterocycles. The second-order valence-electron chi connectivity index (χ2n) is 3.49. The van der Waals surface area contributed by atoms with Crippen molar-refractivity contribution in [2.45, 2.75) is 19.4 Å². The molecule has 0 fully saturated rings. The third-order valence-corrected chi connectivity index (χ3v) is 2.14. The smallest absolute Gasteiger partial charge is 0.165 e. The summed E-state index contributed by atoms with van der Waals surface area (Å²) in [4.78, 5) is 1.62. The minimum absolute atomic E-state index is 0.469. The number of rotatable bonds is 4. The van der Waals surface area contributed by atoms with Gasteiger partial charge in [0, 0.05) is 13.2 Å². The van der Waals surface area contributed by atoms with Crippen LogP contribution in [-0.2, 0) is 20.0 Å². The van der Waals surface area contributed by atoms with Crippen molar-refractivity contribution in [3.63, 3.8) is 0 Å².